The fourth-order valence-corrected chi connectivity index (χ4v) is 5.44. The van der Waals surface area contributed by atoms with Gasteiger partial charge in [0.15, 0.2) is 0 Å². The summed E-state index contributed by atoms with van der Waals surface area (Å²) >= 11 is 2.86. The number of nitrogens with one attached hydrogen (secondary N) is 3. The number of thiophene rings is 1. The van der Waals surface area contributed by atoms with Crippen LogP contribution in [0.3, 0.4) is 0 Å². The normalized spacial score (nSPS) is 11.9. The van der Waals surface area contributed by atoms with Crippen molar-refractivity contribution in [1.82, 2.24) is 5.32 Å². The quantitative estimate of drug-likeness (QED) is 0.155. The third-order valence-electron chi connectivity index (χ3n) is 5.62. The number of carbonyl (C=O) groups excluding carboxylic acids is 3. The number of rotatable bonds is 9. The highest BCUT2D eigenvalue weighted by atomic mass is 32.2. The van der Waals surface area contributed by atoms with Crippen LogP contribution in [-0.4, -0.2) is 23.0 Å². The topological polar surface area (TPSA) is 87.3 Å². The molecule has 1 aromatic heterocycles. The molecule has 0 saturated carbocycles. The first-order chi connectivity index (χ1) is 18.8. The van der Waals surface area contributed by atoms with Crippen LogP contribution in [0.2, 0.25) is 0 Å². The van der Waals surface area contributed by atoms with Gasteiger partial charge in [0.05, 0.1) is 5.25 Å². The smallest absolute Gasteiger partial charge is 0.272 e. The van der Waals surface area contributed by atoms with E-state index in [0.717, 1.165) is 26.6 Å². The van der Waals surface area contributed by atoms with Gasteiger partial charge in [0, 0.05) is 26.7 Å². The van der Waals surface area contributed by atoms with Gasteiger partial charge in [0.1, 0.15) is 5.70 Å². The van der Waals surface area contributed by atoms with Gasteiger partial charge in [-0.05, 0) is 91.9 Å². The molecule has 1 heterocycles. The Hall–Kier alpha value is -4.14. The van der Waals surface area contributed by atoms with Crippen LogP contribution < -0.4 is 16.0 Å². The number of hydrogen-bond acceptors (Lipinski definition) is 5. The van der Waals surface area contributed by atoms with Crippen LogP contribution in [0.4, 0.5) is 11.4 Å². The van der Waals surface area contributed by atoms with Gasteiger partial charge < -0.3 is 16.0 Å². The van der Waals surface area contributed by atoms with E-state index in [1.807, 2.05) is 74.7 Å². The predicted molar refractivity (Wildman–Crippen MR) is 161 cm³/mol. The van der Waals surface area contributed by atoms with Gasteiger partial charge in [-0.25, -0.2) is 0 Å². The van der Waals surface area contributed by atoms with Crippen LogP contribution in [0.25, 0.3) is 6.08 Å². The van der Waals surface area contributed by atoms with Crippen LogP contribution in [0.15, 0.2) is 101 Å². The fourth-order valence-electron chi connectivity index (χ4n) is 3.85. The summed E-state index contributed by atoms with van der Waals surface area (Å²) in [6.45, 7) is 5.83. The van der Waals surface area contributed by atoms with E-state index in [1.165, 1.54) is 23.1 Å². The lowest BCUT2D eigenvalue weighted by Crippen LogP contribution is -2.30. The molecule has 0 bridgehead atoms. The molecular formula is C31H29N3O3S2. The molecule has 6 nitrogen and oxygen atoms in total. The summed E-state index contributed by atoms with van der Waals surface area (Å²) in [5.74, 6) is -0.929. The maximum Gasteiger partial charge on any atom is 0.272 e. The van der Waals surface area contributed by atoms with Crippen LogP contribution in [-0.2, 0) is 9.59 Å². The second-order valence-corrected chi connectivity index (χ2v) is 11.4. The zero-order valence-electron chi connectivity index (χ0n) is 21.9. The summed E-state index contributed by atoms with van der Waals surface area (Å²) in [6, 6.07) is 25.7. The number of thioether (sulfide) groups is 1. The average molecular weight is 556 g/mol. The Morgan fingerprint density at radius 3 is 2.26 bits per heavy atom. The molecule has 39 heavy (non-hydrogen) atoms. The maximum absolute atomic E-state index is 13.2. The average Bonchev–Trinajstić information content (AvgIpc) is 3.41. The summed E-state index contributed by atoms with van der Waals surface area (Å²) in [5, 5.41) is 10.1. The highest BCUT2D eigenvalue weighted by molar-refractivity contribution is 8.00. The van der Waals surface area contributed by atoms with Gasteiger partial charge in [-0.1, -0.05) is 36.4 Å². The number of amides is 3. The molecule has 0 fully saturated rings. The highest BCUT2D eigenvalue weighted by Gasteiger charge is 2.17. The second kappa shape index (κ2) is 13.1. The third-order valence-corrected chi connectivity index (χ3v) is 7.53. The maximum atomic E-state index is 13.2. The SMILES string of the molecule is Cc1cc(C)cc(NC(=O)C(C)Sc2cccc(NC(=O)/C(=C/c3cccs3)NC(=O)c3ccccc3)c2)c1. The largest absolute Gasteiger partial charge is 0.325 e. The van der Waals surface area contributed by atoms with Crippen molar-refractivity contribution in [2.75, 3.05) is 10.6 Å². The molecule has 0 spiro atoms. The molecule has 198 valence electrons. The number of anilines is 2. The summed E-state index contributed by atoms with van der Waals surface area (Å²) < 4.78 is 0. The van der Waals surface area contributed by atoms with E-state index in [2.05, 4.69) is 22.0 Å². The molecule has 3 aromatic carbocycles. The van der Waals surface area contributed by atoms with Crippen molar-refractivity contribution in [1.29, 1.82) is 0 Å². The minimum absolute atomic E-state index is 0.107. The molecule has 0 radical (unpaired) electrons. The molecule has 0 saturated heterocycles. The Balaban J connectivity index is 1.44. The second-order valence-electron chi connectivity index (χ2n) is 9.00. The lowest BCUT2D eigenvalue weighted by Gasteiger charge is -2.14. The van der Waals surface area contributed by atoms with Crippen molar-refractivity contribution >= 4 is 58.3 Å². The van der Waals surface area contributed by atoms with Crippen molar-refractivity contribution < 1.29 is 14.4 Å². The van der Waals surface area contributed by atoms with Crippen molar-refractivity contribution in [3.8, 4) is 0 Å². The molecule has 3 amide bonds. The number of hydrogen-bond donors (Lipinski definition) is 3. The highest BCUT2D eigenvalue weighted by Crippen LogP contribution is 2.27. The van der Waals surface area contributed by atoms with Crippen LogP contribution in [0.5, 0.6) is 0 Å². The van der Waals surface area contributed by atoms with E-state index in [4.69, 9.17) is 0 Å². The van der Waals surface area contributed by atoms with E-state index in [-0.39, 0.29) is 22.8 Å². The Labute approximate surface area is 236 Å². The van der Waals surface area contributed by atoms with Crippen LogP contribution in [0.1, 0.15) is 33.3 Å². The van der Waals surface area contributed by atoms with E-state index in [9.17, 15) is 14.4 Å². The lowest BCUT2D eigenvalue weighted by atomic mass is 10.1. The monoisotopic (exact) mass is 555 g/mol. The number of aryl methyl sites for hydroxylation is 2. The van der Waals surface area contributed by atoms with Gasteiger partial charge in [-0.2, -0.15) is 0 Å². The van der Waals surface area contributed by atoms with Crippen molar-refractivity contribution in [2.24, 2.45) is 0 Å². The number of benzene rings is 3. The molecule has 4 rings (SSSR count). The van der Waals surface area contributed by atoms with Gasteiger partial charge in [-0.15, -0.1) is 23.1 Å². The predicted octanol–water partition coefficient (Wildman–Crippen LogP) is 6.89. The molecule has 3 N–H and O–H groups in total. The zero-order valence-corrected chi connectivity index (χ0v) is 23.5. The van der Waals surface area contributed by atoms with E-state index < -0.39 is 5.91 Å². The van der Waals surface area contributed by atoms with Crippen molar-refractivity contribution in [3.63, 3.8) is 0 Å². The Kier molecular flexibility index (Phi) is 9.35. The molecule has 1 unspecified atom stereocenters. The van der Waals surface area contributed by atoms with Crippen LogP contribution in [0, 0.1) is 13.8 Å². The minimum Gasteiger partial charge on any atom is -0.325 e. The molecule has 0 aliphatic heterocycles. The van der Waals surface area contributed by atoms with Crippen LogP contribution >= 0.6 is 23.1 Å². The van der Waals surface area contributed by atoms with Gasteiger partial charge in [0.2, 0.25) is 5.91 Å². The summed E-state index contributed by atoms with van der Waals surface area (Å²) in [6.07, 6.45) is 1.65. The van der Waals surface area contributed by atoms with E-state index in [1.54, 1.807) is 36.4 Å². The summed E-state index contributed by atoms with van der Waals surface area (Å²) in [7, 11) is 0. The first kappa shape index (κ1) is 27.9. The molecule has 0 aliphatic rings. The fraction of sp³-hybridized carbons (Fsp3) is 0.129. The molecular weight excluding hydrogens is 526 g/mol. The van der Waals surface area contributed by atoms with Crippen molar-refractivity contribution in [2.45, 2.75) is 30.9 Å². The molecule has 4 aromatic rings. The van der Waals surface area contributed by atoms with E-state index >= 15 is 0 Å². The van der Waals surface area contributed by atoms with Gasteiger partial charge >= 0.3 is 0 Å². The van der Waals surface area contributed by atoms with Crippen molar-refractivity contribution in [3.05, 3.63) is 118 Å². The standard InChI is InChI=1S/C31H29N3O3S2/c1-20-15-21(2)17-25(16-20)33-29(35)22(3)39-27-12-7-11-24(18-27)32-31(37)28(19-26-13-8-14-38-26)34-30(36)23-9-5-4-6-10-23/h4-19,22H,1-3H3,(H,32,37)(H,33,35)(H,34,36)/b28-19-. The zero-order chi connectivity index (χ0) is 27.8. The Bertz CT molecular complexity index is 1480. The first-order valence-corrected chi connectivity index (χ1v) is 14.1. The minimum atomic E-state index is -0.449. The Morgan fingerprint density at radius 2 is 1.56 bits per heavy atom. The summed E-state index contributed by atoms with van der Waals surface area (Å²) in [5.41, 5.74) is 4.08. The number of carbonyl (C=O) groups is 3. The third kappa shape index (κ3) is 8.17. The first-order valence-electron chi connectivity index (χ1n) is 12.4. The summed E-state index contributed by atoms with van der Waals surface area (Å²) in [4.78, 5) is 40.5. The van der Waals surface area contributed by atoms with E-state index in [0.29, 0.717) is 11.3 Å². The molecule has 8 heteroatoms. The Morgan fingerprint density at radius 1 is 0.821 bits per heavy atom. The van der Waals surface area contributed by atoms with Gasteiger partial charge in [-0.3, -0.25) is 14.4 Å². The molecule has 0 aliphatic carbocycles. The molecule has 1 atom stereocenters. The lowest BCUT2D eigenvalue weighted by molar-refractivity contribution is -0.115. The van der Waals surface area contributed by atoms with Gasteiger partial charge in [0.25, 0.3) is 11.8 Å².